The van der Waals surface area contributed by atoms with Crippen LogP contribution in [-0.2, 0) is 16.0 Å². The first-order chi connectivity index (χ1) is 12.5. The van der Waals surface area contributed by atoms with Crippen molar-refractivity contribution in [3.05, 3.63) is 41.5 Å². The molecule has 2 heterocycles. The summed E-state index contributed by atoms with van der Waals surface area (Å²) in [7, 11) is 0. The zero-order valence-corrected chi connectivity index (χ0v) is 16.0. The van der Waals surface area contributed by atoms with E-state index in [4.69, 9.17) is 0 Å². The minimum atomic E-state index is -0.131. The molecule has 0 spiro atoms. The Morgan fingerprint density at radius 1 is 1.12 bits per heavy atom. The largest absolute Gasteiger partial charge is 0.326 e. The maximum atomic E-state index is 12.2. The van der Waals surface area contributed by atoms with E-state index in [2.05, 4.69) is 33.6 Å². The molecule has 0 radical (unpaired) electrons. The summed E-state index contributed by atoms with van der Waals surface area (Å²) in [6.07, 6.45) is 2.50. The van der Waals surface area contributed by atoms with E-state index in [0.29, 0.717) is 11.4 Å². The summed E-state index contributed by atoms with van der Waals surface area (Å²) in [4.78, 5) is 34.0. The molecule has 134 valence electrons. The summed E-state index contributed by atoms with van der Waals surface area (Å²) in [5.41, 5.74) is 1.37. The minimum Gasteiger partial charge on any atom is -0.326 e. The third-order valence-electron chi connectivity index (χ3n) is 3.52. The molecule has 0 atom stereocenters. The Balaban J connectivity index is 1.60. The SMILES string of the molecule is CCc1cc2c(SCC(=O)Nc3ccc(NC(C)=O)cc3)ncnc2s1. The van der Waals surface area contributed by atoms with Crippen LogP contribution in [0.2, 0.25) is 0 Å². The third kappa shape index (κ3) is 4.59. The highest BCUT2D eigenvalue weighted by atomic mass is 32.2. The number of thiophene rings is 1. The van der Waals surface area contributed by atoms with E-state index >= 15 is 0 Å². The molecule has 26 heavy (non-hydrogen) atoms. The number of carbonyl (C=O) groups excluding carboxylic acids is 2. The van der Waals surface area contributed by atoms with E-state index in [1.54, 1.807) is 41.9 Å². The lowest BCUT2D eigenvalue weighted by Crippen LogP contribution is -2.14. The summed E-state index contributed by atoms with van der Waals surface area (Å²) < 4.78 is 0. The van der Waals surface area contributed by atoms with Crippen molar-refractivity contribution in [3.63, 3.8) is 0 Å². The minimum absolute atomic E-state index is 0.111. The van der Waals surface area contributed by atoms with Gasteiger partial charge in [-0.25, -0.2) is 9.97 Å². The number of nitrogens with zero attached hydrogens (tertiary/aromatic N) is 2. The second kappa shape index (κ2) is 8.29. The third-order valence-corrected chi connectivity index (χ3v) is 5.71. The zero-order chi connectivity index (χ0) is 18.5. The molecule has 2 aromatic heterocycles. The summed E-state index contributed by atoms with van der Waals surface area (Å²) in [5, 5.41) is 7.36. The predicted molar refractivity (Wildman–Crippen MR) is 107 cm³/mol. The van der Waals surface area contributed by atoms with Crippen LogP contribution in [-0.4, -0.2) is 27.5 Å². The van der Waals surface area contributed by atoms with Crippen LogP contribution in [0.1, 0.15) is 18.7 Å². The van der Waals surface area contributed by atoms with Crippen molar-refractivity contribution in [2.45, 2.75) is 25.3 Å². The van der Waals surface area contributed by atoms with Crippen LogP contribution in [0.3, 0.4) is 0 Å². The van der Waals surface area contributed by atoms with Gasteiger partial charge in [0.2, 0.25) is 11.8 Å². The van der Waals surface area contributed by atoms with Crippen LogP contribution in [0, 0.1) is 0 Å². The lowest BCUT2D eigenvalue weighted by molar-refractivity contribution is -0.114. The Hall–Kier alpha value is -2.45. The number of aryl methyl sites for hydroxylation is 1. The predicted octanol–water partition coefficient (Wildman–Crippen LogP) is 3.94. The molecule has 0 bridgehead atoms. The molecule has 0 aliphatic rings. The van der Waals surface area contributed by atoms with Gasteiger partial charge in [-0.05, 0) is 36.8 Å². The fourth-order valence-corrected chi connectivity index (χ4v) is 4.12. The van der Waals surface area contributed by atoms with Crippen molar-refractivity contribution >= 4 is 56.5 Å². The van der Waals surface area contributed by atoms with Crippen LogP contribution in [0.15, 0.2) is 41.7 Å². The molecule has 0 saturated heterocycles. The number of aromatic nitrogens is 2. The van der Waals surface area contributed by atoms with Gasteiger partial charge in [-0.3, -0.25) is 9.59 Å². The average Bonchev–Trinajstić information content (AvgIpc) is 3.05. The summed E-state index contributed by atoms with van der Waals surface area (Å²) in [6, 6.07) is 9.10. The summed E-state index contributed by atoms with van der Waals surface area (Å²) >= 11 is 3.06. The van der Waals surface area contributed by atoms with Crippen LogP contribution < -0.4 is 10.6 Å². The first kappa shape index (κ1) is 18.3. The smallest absolute Gasteiger partial charge is 0.234 e. The molecule has 3 aromatic rings. The molecule has 0 unspecified atom stereocenters. The molecule has 8 heteroatoms. The molecular weight excluding hydrogens is 368 g/mol. The van der Waals surface area contributed by atoms with E-state index in [0.717, 1.165) is 21.7 Å². The van der Waals surface area contributed by atoms with E-state index in [1.807, 2.05) is 0 Å². The molecular formula is C18H18N4O2S2. The number of fused-ring (bicyclic) bond motifs is 1. The molecule has 1 aromatic carbocycles. The van der Waals surface area contributed by atoms with Gasteiger partial charge in [0.1, 0.15) is 16.2 Å². The van der Waals surface area contributed by atoms with Crippen molar-refractivity contribution in [3.8, 4) is 0 Å². The topological polar surface area (TPSA) is 84.0 Å². The quantitative estimate of drug-likeness (QED) is 0.495. The van der Waals surface area contributed by atoms with E-state index in [1.165, 1.54) is 23.6 Å². The van der Waals surface area contributed by atoms with Gasteiger partial charge < -0.3 is 10.6 Å². The first-order valence-electron chi connectivity index (χ1n) is 8.09. The lowest BCUT2D eigenvalue weighted by atomic mass is 10.3. The van der Waals surface area contributed by atoms with Crippen molar-refractivity contribution in [2.24, 2.45) is 0 Å². The Morgan fingerprint density at radius 3 is 2.46 bits per heavy atom. The number of amides is 2. The number of hydrogen-bond donors (Lipinski definition) is 2. The van der Waals surface area contributed by atoms with Gasteiger partial charge in [0.25, 0.3) is 0 Å². The number of anilines is 2. The number of nitrogens with one attached hydrogen (secondary N) is 2. The van der Waals surface area contributed by atoms with Crippen LogP contribution >= 0.6 is 23.1 Å². The number of benzene rings is 1. The van der Waals surface area contributed by atoms with E-state index in [9.17, 15) is 9.59 Å². The van der Waals surface area contributed by atoms with Crippen LogP contribution in [0.25, 0.3) is 10.2 Å². The van der Waals surface area contributed by atoms with Gasteiger partial charge in [-0.1, -0.05) is 18.7 Å². The Labute approximate surface area is 159 Å². The highest BCUT2D eigenvalue weighted by Gasteiger charge is 2.11. The first-order valence-corrected chi connectivity index (χ1v) is 9.89. The van der Waals surface area contributed by atoms with Crippen LogP contribution in [0.4, 0.5) is 11.4 Å². The molecule has 0 fully saturated rings. The van der Waals surface area contributed by atoms with Crippen molar-refractivity contribution in [1.82, 2.24) is 9.97 Å². The van der Waals surface area contributed by atoms with E-state index < -0.39 is 0 Å². The lowest BCUT2D eigenvalue weighted by Gasteiger charge is -2.07. The van der Waals surface area contributed by atoms with Gasteiger partial charge in [-0.2, -0.15) is 0 Å². The van der Waals surface area contributed by atoms with Crippen molar-refractivity contribution in [1.29, 1.82) is 0 Å². The summed E-state index contributed by atoms with van der Waals surface area (Å²) in [6.45, 7) is 3.56. The molecule has 2 N–H and O–H groups in total. The zero-order valence-electron chi connectivity index (χ0n) is 14.4. The highest BCUT2D eigenvalue weighted by Crippen LogP contribution is 2.31. The van der Waals surface area contributed by atoms with Crippen molar-refractivity contribution in [2.75, 3.05) is 16.4 Å². The summed E-state index contributed by atoms with van der Waals surface area (Å²) in [5.74, 6) is 0.0191. The molecule has 0 aliphatic heterocycles. The number of rotatable bonds is 6. The maximum Gasteiger partial charge on any atom is 0.234 e. The Kier molecular flexibility index (Phi) is 5.85. The maximum absolute atomic E-state index is 12.2. The van der Waals surface area contributed by atoms with Gasteiger partial charge in [-0.15, -0.1) is 11.3 Å². The van der Waals surface area contributed by atoms with Gasteiger partial charge in [0.15, 0.2) is 0 Å². The fraction of sp³-hybridized carbons (Fsp3) is 0.222. The Morgan fingerprint density at radius 2 is 1.81 bits per heavy atom. The molecule has 3 rings (SSSR count). The average molecular weight is 387 g/mol. The van der Waals surface area contributed by atoms with Crippen molar-refractivity contribution < 1.29 is 9.59 Å². The molecule has 0 aliphatic carbocycles. The van der Waals surface area contributed by atoms with Gasteiger partial charge in [0, 0.05) is 28.6 Å². The second-order valence-corrected chi connectivity index (χ2v) is 7.64. The van der Waals surface area contributed by atoms with E-state index in [-0.39, 0.29) is 17.6 Å². The fourth-order valence-electron chi connectivity index (χ4n) is 2.34. The molecule has 2 amide bonds. The van der Waals surface area contributed by atoms with Gasteiger partial charge >= 0.3 is 0 Å². The number of hydrogen-bond acceptors (Lipinski definition) is 6. The highest BCUT2D eigenvalue weighted by molar-refractivity contribution is 8.00. The normalized spacial score (nSPS) is 10.7. The van der Waals surface area contributed by atoms with Gasteiger partial charge in [0.05, 0.1) is 5.75 Å². The second-order valence-electron chi connectivity index (χ2n) is 5.56. The molecule has 6 nitrogen and oxygen atoms in total. The Bertz CT molecular complexity index is 938. The monoisotopic (exact) mass is 386 g/mol. The van der Waals surface area contributed by atoms with Crippen LogP contribution in [0.5, 0.6) is 0 Å². The number of carbonyl (C=O) groups is 2. The number of thioether (sulfide) groups is 1. The standard InChI is InChI=1S/C18H18N4O2S2/c1-3-14-8-15-17(19-10-20-18(15)26-14)25-9-16(24)22-13-6-4-12(5-7-13)21-11(2)23/h4-8,10H,3,9H2,1-2H3,(H,21,23)(H,22,24). The molecule has 0 saturated carbocycles.